The lowest BCUT2D eigenvalue weighted by atomic mass is 9.93. The highest BCUT2D eigenvalue weighted by Gasteiger charge is 2.24. The number of nitrogens with zero attached hydrogens (tertiary/aromatic N) is 6. The van der Waals surface area contributed by atoms with Gasteiger partial charge >= 0.3 is 0 Å². The SMILES string of the molecule is COCCC(=O)N1CCC(CCn2c(Sc3cc(O)c(O)cc3C#N)nc3c(N)ncnc32)CC1. The first-order valence-electron chi connectivity index (χ1n) is 11.3. The lowest BCUT2D eigenvalue weighted by molar-refractivity contribution is -0.133. The maximum Gasteiger partial charge on any atom is 0.224 e. The molecule has 1 aliphatic heterocycles. The minimum absolute atomic E-state index is 0.127. The van der Waals surface area contributed by atoms with Crippen molar-refractivity contribution in [3.63, 3.8) is 0 Å². The zero-order valence-electron chi connectivity index (χ0n) is 19.3. The van der Waals surface area contributed by atoms with E-state index in [1.807, 2.05) is 15.5 Å². The number of aryl methyl sites for hydroxylation is 1. The number of methoxy groups -OCH3 is 1. The largest absolute Gasteiger partial charge is 0.504 e. The fraction of sp³-hybridized carbons (Fsp3) is 0.435. The molecule has 1 aromatic carbocycles. The summed E-state index contributed by atoms with van der Waals surface area (Å²) in [5.74, 6) is 0.139. The zero-order valence-corrected chi connectivity index (χ0v) is 20.2. The van der Waals surface area contributed by atoms with Gasteiger partial charge in [-0.1, -0.05) is 11.8 Å². The van der Waals surface area contributed by atoms with E-state index >= 15 is 0 Å². The van der Waals surface area contributed by atoms with Gasteiger partial charge in [0.05, 0.1) is 18.6 Å². The first-order valence-corrected chi connectivity index (χ1v) is 12.1. The van der Waals surface area contributed by atoms with Crippen LogP contribution in [0.15, 0.2) is 28.5 Å². The Balaban J connectivity index is 1.52. The van der Waals surface area contributed by atoms with Gasteiger partial charge in [0.2, 0.25) is 5.91 Å². The molecule has 1 fully saturated rings. The zero-order chi connectivity index (χ0) is 24.9. The summed E-state index contributed by atoms with van der Waals surface area (Å²) in [6, 6.07) is 4.60. The van der Waals surface area contributed by atoms with E-state index in [-0.39, 0.29) is 28.8 Å². The van der Waals surface area contributed by atoms with Gasteiger partial charge in [0.25, 0.3) is 0 Å². The summed E-state index contributed by atoms with van der Waals surface area (Å²) in [7, 11) is 1.59. The van der Waals surface area contributed by atoms with Crippen molar-refractivity contribution in [3.05, 3.63) is 24.0 Å². The Labute approximate surface area is 206 Å². The maximum absolute atomic E-state index is 12.3. The number of carbonyl (C=O) groups is 1. The Morgan fingerprint density at radius 1 is 1.29 bits per heavy atom. The number of hydrogen-bond acceptors (Lipinski definition) is 10. The van der Waals surface area contributed by atoms with E-state index in [9.17, 15) is 20.3 Å². The van der Waals surface area contributed by atoms with Crippen molar-refractivity contribution < 1.29 is 19.7 Å². The molecule has 0 unspecified atom stereocenters. The molecule has 0 bridgehead atoms. The second-order valence-corrected chi connectivity index (χ2v) is 9.39. The number of carbonyl (C=O) groups excluding carboxylic acids is 1. The third-order valence-corrected chi connectivity index (χ3v) is 7.22. The highest BCUT2D eigenvalue weighted by atomic mass is 32.2. The van der Waals surface area contributed by atoms with Crippen LogP contribution in [0.25, 0.3) is 11.2 Å². The van der Waals surface area contributed by atoms with E-state index in [2.05, 4.69) is 15.0 Å². The molecule has 1 saturated heterocycles. The number of benzene rings is 1. The fourth-order valence-electron chi connectivity index (χ4n) is 4.17. The number of piperidine rings is 1. The molecule has 3 aromatic rings. The van der Waals surface area contributed by atoms with E-state index < -0.39 is 0 Å². The molecule has 0 radical (unpaired) electrons. The molecule has 4 rings (SSSR count). The van der Waals surface area contributed by atoms with Gasteiger partial charge in [-0.05, 0) is 31.2 Å². The molecule has 0 aliphatic carbocycles. The van der Waals surface area contributed by atoms with Crippen LogP contribution in [0.2, 0.25) is 0 Å². The topological polar surface area (TPSA) is 163 Å². The van der Waals surface area contributed by atoms with E-state index in [1.54, 1.807) is 7.11 Å². The monoisotopic (exact) mass is 497 g/mol. The molecule has 35 heavy (non-hydrogen) atoms. The van der Waals surface area contributed by atoms with Crippen LogP contribution < -0.4 is 5.73 Å². The lowest BCUT2D eigenvalue weighted by Gasteiger charge is -2.32. The smallest absolute Gasteiger partial charge is 0.224 e. The summed E-state index contributed by atoms with van der Waals surface area (Å²) in [5.41, 5.74) is 7.32. The Bertz CT molecular complexity index is 1260. The summed E-state index contributed by atoms with van der Waals surface area (Å²) in [6.07, 6.45) is 4.47. The average molecular weight is 498 g/mol. The normalized spacial score (nSPS) is 14.3. The van der Waals surface area contributed by atoms with Gasteiger partial charge in [-0.25, -0.2) is 15.0 Å². The van der Waals surface area contributed by atoms with E-state index in [1.165, 1.54) is 30.2 Å². The lowest BCUT2D eigenvalue weighted by Crippen LogP contribution is -2.39. The van der Waals surface area contributed by atoms with Gasteiger partial charge in [-0.15, -0.1) is 0 Å². The van der Waals surface area contributed by atoms with Crippen molar-refractivity contribution >= 4 is 34.7 Å². The van der Waals surface area contributed by atoms with Gasteiger partial charge in [-0.2, -0.15) is 5.26 Å². The molecular weight excluding hydrogens is 470 g/mol. The predicted octanol–water partition coefficient (Wildman–Crippen LogP) is 2.51. The van der Waals surface area contributed by atoms with Gasteiger partial charge < -0.3 is 30.2 Å². The van der Waals surface area contributed by atoms with Crippen molar-refractivity contribution in [3.8, 4) is 17.6 Å². The van der Waals surface area contributed by atoms with Crippen molar-refractivity contribution in [1.82, 2.24) is 24.4 Å². The molecule has 11 nitrogen and oxygen atoms in total. The Kier molecular flexibility index (Phi) is 7.57. The highest BCUT2D eigenvalue weighted by Crippen LogP contribution is 2.38. The van der Waals surface area contributed by atoms with Crippen LogP contribution >= 0.6 is 11.8 Å². The number of anilines is 1. The molecule has 0 spiro atoms. The molecule has 3 heterocycles. The Hall–Kier alpha value is -3.56. The third kappa shape index (κ3) is 5.41. The second kappa shape index (κ2) is 10.8. The summed E-state index contributed by atoms with van der Waals surface area (Å²) >= 11 is 1.19. The number of likely N-dealkylation sites (tertiary alicyclic amines) is 1. The van der Waals surface area contributed by atoms with Crippen LogP contribution in [0.3, 0.4) is 0 Å². The molecule has 184 valence electrons. The van der Waals surface area contributed by atoms with Gasteiger partial charge in [0.15, 0.2) is 33.6 Å². The molecule has 4 N–H and O–H groups in total. The van der Waals surface area contributed by atoms with Crippen molar-refractivity contribution in [2.45, 2.75) is 42.3 Å². The number of amides is 1. The van der Waals surface area contributed by atoms with Crippen LogP contribution in [0.1, 0.15) is 31.2 Å². The van der Waals surface area contributed by atoms with Crippen molar-refractivity contribution in [2.75, 3.05) is 32.5 Å². The Morgan fingerprint density at radius 2 is 2.03 bits per heavy atom. The third-order valence-electron chi connectivity index (χ3n) is 6.17. The standard InChI is InChI=1S/C23H27N7O4S/c1-34-9-5-19(33)29-6-2-14(3-7-29)4-8-30-22-20(21(25)26-13-27-22)28-23(30)35-18-11-17(32)16(31)10-15(18)12-24/h10-11,13-14,31-32H,2-9H2,1H3,(H2,25,26,27). The van der Waals surface area contributed by atoms with Crippen molar-refractivity contribution in [1.29, 1.82) is 5.26 Å². The van der Waals surface area contributed by atoms with E-state index in [0.29, 0.717) is 46.7 Å². The average Bonchev–Trinajstić information content (AvgIpc) is 3.21. The van der Waals surface area contributed by atoms with Gasteiger partial charge in [0.1, 0.15) is 12.4 Å². The molecular formula is C23H27N7O4S. The first-order chi connectivity index (χ1) is 16.9. The number of phenolic OH excluding ortho intramolecular Hbond substituents is 2. The van der Waals surface area contributed by atoms with Crippen LogP contribution in [0, 0.1) is 17.2 Å². The van der Waals surface area contributed by atoms with Crippen LogP contribution in [-0.2, 0) is 16.1 Å². The molecule has 2 aromatic heterocycles. The summed E-state index contributed by atoms with van der Waals surface area (Å²) in [6.45, 7) is 2.51. The van der Waals surface area contributed by atoms with Crippen LogP contribution in [-0.4, -0.2) is 67.3 Å². The minimum Gasteiger partial charge on any atom is -0.504 e. The number of ether oxygens (including phenoxy) is 1. The number of hydrogen-bond donors (Lipinski definition) is 3. The number of aromatic hydroxyl groups is 2. The molecule has 0 atom stereocenters. The van der Waals surface area contributed by atoms with E-state index in [0.717, 1.165) is 32.4 Å². The number of nitrogens with two attached hydrogens (primary N) is 1. The molecule has 1 aliphatic rings. The van der Waals surface area contributed by atoms with E-state index in [4.69, 9.17) is 10.5 Å². The Morgan fingerprint density at radius 3 is 2.74 bits per heavy atom. The number of fused-ring (bicyclic) bond motifs is 1. The fourth-order valence-corrected chi connectivity index (χ4v) is 5.18. The first kappa shape index (κ1) is 24.6. The maximum atomic E-state index is 12.3. The number of imidazole rings is 1. The second-order valence-electron chi connectivity index (χ2n) is 8.38. The number of nitrogen functional groups attached to an aromatic ring is 1. The molecule has 12 heteroatoms. The number of rotatable bonds is 8. The summed E-state index contributed by atoms with van der Waals surface area (Å²) < 4.78 is 6.95. The van der Waals surface area contributed by atoms with Crippen LogP contribution in [0.5, 0.6) is 11.5 Å². The summed E-state index contributed by atoms with van der Waals surface area (Å²) in [4.78, 5) is 27.6. The van der Waals surface area contributed by atoms with Crippen molar-refractivity contribution in [2.24, 2.45) is 5.92 Å². The predicted molar refractivity (Wildman–Crippen MR) is 129 cm³/mol. The number of aromatic nitrogens is 4. The van der Waals surface area contributed by atoms with Gasteiger partial charge in [-0.3, -0.25) is 4.79 Å². The molecule has 1 amide bonds. The minimum atomic E-state index is -0.360. The van der Waals surface area contributed by atoms with Gasteiger partial charge in [0, 0.05) is 37.7 Å². The highest BCUT2D eigenvalue weighted by molar-refractivity contribution is 7.99. The quantitative estimate of drug-likeness (QED) is 0.394. The number of phenols is 2. The van der Waals surface area contributed by atoms with Crippen LogP contribution in [0.4, 0.5) is 5.82 Å². The summed E-state index contributed by atoms with van der Waals surface area (Å²) in [5, 5.41) is 29.8. The molecule has 0 saturated carbocycles. The number of nitriles is 1.